The summed E-state index contributed by atoms with van der Waals surface area (Å²) in [5.41, 5.74) is 3.06. The number of amides is 1. The van der Waals surface area contributed by atoms with Crippen LogP contribution in [0.4, 0.5) is 5.69 Å². The van der Waals surface area contributed by atoms with Gasteiger partial charge in [-0.3, -0.25) is 4.79 Å². The van der Waals surface area contributed by atoms with Crippen molar-refractivity contribution < 1.29 is 14.3 Å². The Morgan fingerprint density at radius 3 is 2.14 bits per heavy atom. The fourth-order valence-electron chi connectivity index (χ4n) is 2.76. The summed E-state index contributed by atoms with van der Waals surface area (Å²) in [6.45, 7) is 2.54. The molecule has 0 radical (unpaired) electrons. The van der Waals surface area contributed by atoms with Crippen molar-refractivity contribution in [1.29, 1.82) is 0 Å². The van der Waals surface area contributed by atoms with E-state index < -0.39 is 0 Å². The first-order valence-electron chi connectivity index (χ1n) is 9.15. The lowest BCUT2D eigenvalue weighted by molar-refractivity contribution is -0.111. The summed E-state index contributed by atoms with van der Waals surface area (Å²) in [7, 11) is 1.63. The second kappa shape index (κ2) is 9.42. The van der Waals surface area contributed by atoms with E-state index in [-0.39, 0.29) is 5.91 Å². The molecule has 1 N–H and O–H groups in total. The standard InChI is InChI=1S/C24H23NO3/c1-3-28-22-15-11-20(12-16-22)25-24(26)23(19-7-5-4-6-8-19)17-18-9-13-21(27-2)14-10-18/h4-17H,3H2,1-2H3,(H,25,26). The molecule has 142 valence electrons. The van der Waals surface area contributed by atoms with Gasteiger partial charge in [-0.25, -0.2) is 0 Å². The van der Waals surface area contributed by atoms with E-state index in [0.29, 0.717) is 17.9 Å². The van der Waals surface area contributed by atoms with Crippen molar-refractivity contribution in [1.82, 2.24) is 0 Å². The van der Waals surface area contributed by atoms with Gasteiger partial charge in [0.25, 0.3) is 5.91 Å². The highest BCUT2D eigenvalue weighted by atomic mass is 16.5. The molecule has 0 aromatic heterocycles. The Bertz CT molecular complexity index is 930. The van der Waals surface area contributed by atoms with Crippen molar-refractivity contribution in [2.24, 2.45) is 0 Å². The molecule has 0 aliphatic rings. The van der Waals surface area contributed by atoms with E-state index in [9.17, 15) is 4.79 Å². The predicted octanol–water partition coefficient (Wildman–Crippen LogP) is 5.27. The molecule has 3 aromatic rings. The van der Waals surface area contributed by atoms with Gasteiger partial charge in [-0.05, 0) is 60.5 Å². The van der Waals surface area contributed by atoms with Gasteiger partial charge in [0.05, 0.1) is 13.7 Å². The number of ether oxygens (including phenoxy) is 2. The Morgan fingerprint density at radius 2 is 1.54 bits per heavy atom. The Kier molecular flexibility index (Phi) is 6.47. The van der Waals surface area contributed by atoms with Crippen LogP contribution in [0, 0.1) is 0 Å². The average Bonchev–Trinajstić information content (AvgIpc) is 2.74. The second-order valence-electron chi connectivity index (χ2n) is 6.11. The Balaban J connectivity index is 1.87. The summed E-state index contributed by atoms with van der Waals surface area (Å²) in [6.07, 6.45) is 1.87. The van der Waals surface area contributed by atoms with E-state index in [2.05, 4.69) is 5.32 Å². The first-order chi connectivity index (χ1) is 13.7. The van der Waals surface area contributed by atoms with Crippen LogP contribution in [0.3, 0.4) is 0 Å². The molecule has 3 rings (SSSR count). The van der Waals surface area contributed by atoms with E-state index in [0.717, 1.165) is 22.6 Å². The zero-order valence-corrected chi connectivity index (χ0v) is 16.0. The highest BCUT2D eigenvalue weighted by Gasteiger charge is 2.12. The van der Waals surface area contributed by atoms with Crippen molar-refractivity contribution in [3.8, 4) is 11.5 Å². The van der Waals surface area contributed by atoms with Crippen LogP contribution in [-0.4, -0.2) is 19.6 Å². The van der Waals surface area contributed by atoms with E-state index in [1.165, 1.54) is 0 Å². The predicted molar refractivity (Wildman–Crippen MR) is 114 cm³/mol. The highest BCUT2D eigenvalue weighted by molar-refractivity contribution is 6.29. The molecule has 28 heavy (non-hydrogen) atoms. The molecule has 0 spiro atoms. The minimum Gasteiger partial charge on any atom is -0.497 e. The minimum absolute atomic E-state index is 0.175. The van der Waals surface area contributed by atoms with E-state index in [1.807, 2.05) is 91.9 Å². The molecule has 1 amide bonds. The number of carbonyl (C=O) groups excluding carboxylic acids is 1. The van der Waals surface area contributed by atoms with Crippen LogP contribution in [0.5, 0.6) is 11.5 Å². The molecule has 0 bridgehead atoms. The van der Waals surface area contributed by atoms with Gasteiger partial charge in [0.2, 0.25) is 0 Å². The van der Waals surface area contributed by atoms with Gasteiger partial charge in [-0.1, -0.05) is 42.5 Å². The van der Waals surface area contributed by atoms with Crippen molar-refractivity contribution in [3.63, 3.8) is 0 Å². The molecule has 4 nitrogen and oxygen atoms in total. The number of anilines is 1. The van der Waals surface area contributed by atoms with Gasteiger partial charge in [-0.2, -0.15) is 0 Å². The van der Waals surface area contributed by atoms with Crippen LogP contribution in [-0.2, 0) is 4.79 Å². The second-order valence-corrected chi connectivity index (χ2v) is 6.11. The lowest BCUT2D eigenvalue weighted by Gasteiger charge is -2.11. The number of benzene rings is 3. The summed E-state index contributed by atoms with van der Waals surface area (Å²) in [5.74, 6) is 1.38. The van der Waals surface area contributed by atoms with Crippen LogP contribution in [0.2, 0.25) is 0 Å². The Morgan fingerprint density at radius 1 is 0.893 bits per heavy atom. The zero-order valence-electron chi connectivity index (χ0n) is 16.0. The molecule has 4 heteroatoms. The quantitative estimate of drug-likeness (QED) is 0.453. The normalized spacial score (nSPS) is 11.0. The first-order valence-corrected chi connectivity index (χ1v) is 9.15. The number of nitrogens with one attached hydrogen (secondary N) is 1. The summed E-state index contributed by atoms with van der Waals surface area (Å²) in [6, 6.07) is 24.6. The zero-order chi connectivity index (χ0) is 19.8. The van der Waals surface area contributed by atoms with Crippen LogP contribution in [0.1, 0.15) is 18.1 Å². The van der Waals surface area contributed by atoms with E-state index >= 15 is 0 Å². The van der Waals surface area contributed by atoms with Gasteiger partial charge in [0.1, 0.15) is 11.5 Å². The Hall–Kier alpha value is -3.53. The highest BCUT2D eigenvalue weighted by Crippen LogP contribution is 2.23. The fraction of sp³-hybridized carbons (Fsp3) is 0.125. The summed E-state index contributed by atoms with van der Waals surface area (Å²) in [4.78, 5) is 13.0. The third kappa shape index (κ3) is 5.01. The lowest BCUT2D eigenvalue weighted by atomic mass is 10.0. The molecule has 3 aromatic carbocycles. The maximum Gasteiger partial charge on any atom is 0.256 e. The van der Waals surface area contributed by atoms with Crippen LogP contribution in [0.25, 0.3) is 11.6 Å². The Labute approximate surface area is 165 Å². The number of methoxy groups -OCH3 is 1. The van der Waals surface area contributed by atoms with Crippen LogP contribution < -0.4 is 14.8 Å². The average molecular weight is 373 g/mol. The summed E-state index contributed by atoms with van der Waals surface area (Å²) < 4.78 is 10.6. The van der Waals surface area contributed by atoms with Gasteiger partial charge < -0.3 is 14.8 Å². The first kappa shape index (κ1) is 19.2. The monoisotopic (exact) mass is 373 g/mol. The maximum atomic E-state index is 13.0. The fourth-order valence-corrected chi connectivity index (χ4v) is 2.76. The smallest absolute Gasteiger partial charge is 0.256 e. The number of hydrogen-bond acceptors (Lipinski definition) is 3. The van der Waals surface area contributed by atoms with Gasteiger partial charge >= 0.3 is 0 Å². The molecule has 0 aliphatic carbocycles. The SMILES string of the molecule is CCOc1ccc(NC(=O)C(=Cc2ccc(OC)cc2)c2ccccc2)cc1. The topological polar surface area (TPSA) is 47.6 Å². The number of carbonyl (C=O) groups is 1. The van der Waals surface area contributed by atoms with Crippen molar-refractivity contribution in [2.75, 3.05) is 19.0 Å². The van der Waals surface area contributed by atoms with Crippen LogP contribution >= 0.6 is 0 Å². The summed E-state index contributed by atoms with van der Waals surface area (Å²) in [5, 5.41) is 2.97. The third-order valence-corrected chi connectivity index (χ3v) is 4.18. The van der Waals surface area contributed by atoms with E-state index in [1.54, 1.807) is 7.11 Å². The summed E-state index contributed by atoms with van der Waals surface area (Å²) >= 11 is 0. The molecular formula is C24H23NO3. The molecular weight excluding hydrogens is 350 g/mol. The molecule has 0 heterocycles. The van der Waals surface area contributed by atoms with Gasteiger partial charge in [-0.15, -0.1) is 0 Å². The molecule has 0 aliphatic heterocycles. The minimum atomic E-state index is -0.175. The van der Waals surface area contributed by atoms with Gasteiger partial charge in [0, 0.05) is 11.3 Å². The van der Waals surface area contributed by atoms with E-state index in [4.69, 9.17) is 9.47 Å². The largest absolute Gasteiger partial charge is 0.497 e. The lowest BCUT2D eigenvalue weighted by Crippen LogP contribution is -2.13. The maximum absolute atomic E-state index is 13.0. The van der Waals surface area contributed by atoms with Crippen molar-refractivity contribution >= 4 is 23.2 Å². The molecule has 0 atom stereocenters. The van der Waals surface area contributed by atoms with Crippen molar-refractivity contribution in [2.45, 2.75) is 6.92 Å². The molecule has 0 unspecified atom stereocenters. The molecule has 0 saturated heterocycles. The molecule has 0 fully saturated rings. The number of rotatable bonds is 7. The van der Waals surface area contributed by atoms with Crippen LogP contribution in [0.15, 0.2) is 78.9 Å². The third-order valence-electron chi connectivity index (χ3n) is 4.18. The van der Waals surface area contributed by atoms with Crippen molar-refractivity contribution in [3.05, 3.63) is 90.0 Å². The molecule has 0 saturated carbocycles. The number of hydrogen-bond donors (Lipinski definition) is 1. The van der Waals surface area contributed by atoms with Gasteiger partial charge in [0.15, 0.2) is 0 Å².